The minimum absolute atomic E-state index is 0.110. The van der Waals surface area contributed by atoms with Gasteiger partial charge in [-0.2, -0.15) is 5.26 Å². The number of anilines is 1. The van der Waals surface area contributed by atoms with Crippen LogP contribution in [0.3, 0.4) is 0 Å². The Morgan fingerprint density at radius 2 is 1.85 bits per heavy atom. The topological polar surface area (TPSA) is 62.7 Å². The number of benzene rings is 1. The Kier molecular flexibility index (Phi) is 3.50. The van der Waals surface area contributed by atoms with Gasteiger partial charge in [0.1, 0.15) is 17.5 Å². The molecule has 1 heterocycles. The predicted octanol–water partition coefficient (Wildman–Crippen LogP) is 3.81. The number of hydrogen-bond donors (Lipinski definition) is 1. The molecular formula is C17H19N3. The second-order valence-electron chi connectivity index (χ2n) is 6.01. The van der Waals surface area contributed by atoms with Gasteiger partial charge >= 0.3 is 0 Å². The van der Waals surface area contributed by atoms with Crippen molar-refractivity contribution in [2.24, 2.45) is 0 Å². The summed E-state index contributed by atoms with van der Waals surface area (Å²) in [6, 6.07) is 10.3. The van der Waals surface area contributed by atoms with E-state index in [1.54, 1.807) is 6.20 Å². The molecule has 1 aromatic heterocycles. The van der Waals surface area contributed by atoms with Gasteiger partial charge in [-0.05, 0) is 35.1 Å². The first-order chi connectivity index (χ1) is 9.34. The minimum atomic E-state index is 0.110. The lowest BCUT2D eigenvalue weighted by Gasteiger charge is -2.21. The maximum Gasteiger partial charge on any atom is 0.141 e. The fourth-order valence-electron chi connectivity index (χ4n) is 2.25. The van der Waals surface area contributed by atoms with Gasteiger partial charge in [-0.25, -0.2) is 4.98 Å². The first-order valence-corrected chi connectivity index (χ1v) is 6.60. The average molecular weight is 265 g/mol. The number of aryl methyl sites for hydroxylation is 1. The number of nitrogen functional groups attached to an aromatic ring is 1. The molecule has 0 radical (unpaired) electrons. The van der Waals surface area contributed by atoms with Gasteiger partial charge in [0.25, 0.3) is 0 Å². The zero-order chi connectivity index (χ0) is 14.9. The fourth-order valence-corrected chi connectivity index (χ4v) is 2.25. The monoisotopic (exact) mass is 265 g/mol. The number of nitrogens with two attached hydrogens (primary N) is 1. The van der Waals surface area contributed by atoms with E-state index in [0.717, 1.165) is 16.7 Å². The standard InChI is InChI=1S/C17H19N3/c1-11-9-12(17(2,3)4)5-6-13(11)14-7-8-20-16(19)15(14)10-18/h5-9H,1-4H3,(H2,19,20). The lowest BCUT2D eigenvalue weighted by molar-refractivity contribution is 0.590. The SMILES string of the molecule is Cc1cc(C(C)(C)C)ccc1-c1ccnc(N)c1C#N. The zero-order valence-electron chi connectivity index (χ0n) is 12.4. The molecule has 0 amide bonds. The summed E-state index contributed by atoms with van der Waals surface area (Å²) in [5.74, 6) is 0.282. The molecular weight excluding hydrogens is 246 g/mol. The Hall–Kier alpha value is -2.34. The van der Waals surface area contributed by atoms with Crippen LogP contribution in [-0.4, -0.2) is 4.98 Å². The molecule has 102 valence electrons. The van der Waals surface area contributed by atoms with Crippen LogP contribution in [0.4, 0.5) is 5.82 Å². The fraction of sp³-hybridized carbons (Fsp3) is 0.294. The Labute approximate surface area is 120 Å². The average Bonchev–Trinajstić information content (AvgIpc) is 2.37. The third kappa shape index (κ3) is 2.50. The smallest absolute Gasteiger partial charge is 0.141 e. The highest BCUT2D eigenvalue weighted by atomic mass is 14.8. The minimum Gasteiger partial charge on any atom is -0.383 e. The molecule has 0 saturated heterocycles. The van der Waals surface area contributed by atoms with Crippen LogP contribution < -0.4 is 5.73 Å². The third-order valence-electron chi connectivity index (χ3n) is 3.47. The van der Waals surface area contributed by atoms with Crippen molar-refractivity contribution in [2.75, 3.05) is 5.73 Å². The van der Waals surface area contributed by atoms with E-state index >= 15 is 0 Å². The summed E-state index contributed by atoms with van der Waals surface area (Å²) >= 11 is 0. The lowest BCUT2D eigenvalue weighted by atomic mass is 9.84. The van der Waals surface area contributed by atoms with E-state index in [9.17, 15) is 5.26 Å². The van der Waals surface area contributed by atoms with Crippen molar-refractivity contribution in [3.63, 3.8) is 0 Å². The van der Waals surface area contributed by atoms with Gasteiger partial charge in [0, 0.05) is 11.8 Å². The van der Waals surface area contributed by atoms with E-state index in [-0.39, 0.29) is 11.2 Å². The van der Waals surface area contributed by atoms with Gasteiger partial charge < -0.3 is 5.73 Å². The molecule has 0 aliphatic rings. The predicted molar refractivity (Wildman–Crippen MR) is 82.2 cm³/mol. The summed E-state index contributed by atoms with van der Waals surface area (Å²) in [5.41, 5.74) is 10.6. The quantitative estimate of drug-likeness (QED) is 0.852. The molecule has 0 aliphatic heterocycles. The summed E-state index contributed by atoms with van der Waals surface area (Å²) in [5, 5.41) is 9.27. The van der Waals surface area contributed by atoms with Crippen LogP contribution in [0, 0.1) is 18.3 Å². The number of rotatable bonds is 1. The summed E-state index contributed by atoms with van der Waals surface area (Å²) in [6.07, 6.45) is 1.64. The summed E-state index contributed by atoms with van der Waals surface area (Å²) in [4.78, 5) is 3.98. The molecule has 0 unspecified atom stereocenters. The van der Waals surface area contributed by atoms with Gasteiger partial charge in [-0.1, -0.05) is 39.0 Å². The Bertz CT molecular complexity index is 688. The highest BCUT2D eigenvalue weighted by molar-refractivity contribution is 5.77. The molecule has 0 bridgehead atoms. The van der Waals surface area contributed by atoms with E-state index in [2.05, 4.69) is 56.9 Å². The van der Waals surface area contributed by atoms with Crippen molar-refractivity contribution in [2.45, 2.75) is 33.1 Å². The van der Waals surface area contributed by atoms with E-state index in [1.165, 1.54) is 5.56 Å². The van der Waals surface area contributed by atoms with Gasteiger partial charge in [-0.15, -0.1) is 0 Å². The molecule has 0 saturated carbocycles. The van der Waals surface area contributed by atoms with Gasteiger partial charge in [-0.3, -0.25) is 0 Å². The molecule has 0 spiro atoms. The van der Waals surface area contributed by atoms with Crippen molar-refractivity contribution < 1.29 is 0 Å². The van der Waals surface area contributed by atoms with E-state index < -0.39 is 0 Å². The van der Waals surface area contributed by atoms with Crippen molar-refractivity contribution in [1.82, 2.24) is 4.98 Å². The molecule has 2 N–H and O–H groups in total. The first kappa shape index (κ1) is 14.1. The maximum atomic E-state index is 9.27. The molecule has 1 aromatic carbocycles. The molecule has 0 fully saturated rings. The summed E-state index contributed by atoms with van der Waals surface area (Å²) < 4.78 is 0. The maximum absolute atomic E-state index is 9.27. The van der Waals surface area contributed by atoms with Crippen LogP contribution in [0.15, 0.2) is 30.5 Å². The molecule has 0 atom stereocenters. The number of nitriles is 1. The summed E-state index contributed by atoms with van der Waals surface area (Å²) in [6.45, 7) is 8.62. The van der Waals surface area contributed by atoms with Crippen molar-refractivity contribution >= 4 is 5.82 Å². The lowest BCUT2D eigenvalue weighted by Crippen LogP contribution is -2.11. The van der Waals surface area contributed by atoms with Gasteiger partial charge in [0.2, 0.25) is 0 Å². The highest BCUT2D eigenvalue weighted by Gasteiger charge is 2.16. The number of aromatic nitrogens is 1. The van der Waals surface area contributed by atoms with Gasteiger partial charge in [0.05, 0.1) is 0 Å². The second-order valence-corrected chi connectivity index (χ2v) is 6.01. The number of hydrogen-bond acceptors (Lipinski definition) is 3. The van der Waals surface area contributed by atoms with E-state index in [4.69, 9.17) is 5.73 Å². The van der Waals surface area contributed by atoms with Crippen LogP contribution in [0.25, 0.3) is 11.1 Å². The molecule has 20 heavy (non-hydrogen) atoms. The van der Waals surface area contributed by atoms with Crippen molar-refractivity contribution in [3.05, 3.63) is 47.2 Å². The van der Waals surface area contributed by atoms with Crippen molar-refractivity contribution in [1.29, 1.82) is 5.26 Å². The highest BCUT2D eigenvalue weighted by Crippen LogP contribution is 2.32. The van der Waals surface area contributed by atoms with Crippen LogP contribution in [0.5, 0.6) is 0 Å². The van der Waals surface area contributed by atoms with E-state index in [1.807, 2.05) is 6.07 Å². The molecule has 2 rings (SSSR count). The molecule has 3 heteroatoms. The van der Waals surface area contributed by atoms with E-state index in [0.29, 0.717) is 5.56 Å². The molecule has 2 aromatic rings. The van der Waals surface area contributed by atoms with Crippen molar-refractivity contribution in [3.8, 4) is 17.2 Å². The Morgan fingerprint density at radius 1 is 1.15 bits per heavy atom. The van der Waals surface area contributed by atoms with Crippen LogP contribution in [0.2, 0.25) is 0 Å². The summed E-state index contributed by atoms with van der Waals surface area (Å²) in [7, 11) is 0. The van der Waals surface area contributed by atoms with Gasteiger partial charge in [0.15, 0.2) is 0 Å². The van der Waals surface area contributed by atoms with Crippen LogP contribution >= 0.6 is 0 Å². The van der Waals surface area contributed by atoms with Crippen LogP contribution in [0.1, 0.15) is 37.5 Å². The first-order valence-electron chi connectivity index (χ1n) is 6.60. The second kappa shape index (κ2) is 4.97. The van der Waals surface area contributed by atoms with Crippen LogP contribution in [-0.2, 0) is 5.41 Å². The zero-order valence-corrected chi connectivity index (χ0v) is 12.4. The largest absolute Gasteiger partial charge is 0.383 e. The number of nitrogens with zero attached hydrogens (tertiary/aromatic N) is 2. The third-order valence-corrected chi connectivity index (χ3v) is 3.47. The molecule has 0 aliphatic carbocycles. The Balaban J connectivity index is 2.62. The normalized spacial score (nSPS) is 11.2. The Morgan fingerprint density at radius 3 is 2.40 bits per heavy atom. The molecule has 3 nitrogen and oxygen atoms in total. The number of pyridine rings is 1.